The average molecular weight is 418 g/mol. The molecule has 0 radical (unpaired) electrons. The Bertz CT molecular complexity index is 1050. The third-order valence-electron chi connectivity index (χ3n) is 3.95. The van der Waals surface area contributed by atoms with Gasteiger partial charge in [-0.3, -0.25) is 4.72 Å². The molecule has 2 rings (SSSR count). The lowest BCUT2D eigenvalue weighted by molar-refractivity contribution is 0.445. The molecule has 6 nitrogen and oxygen atoms in total. The molecule has 10 heteroatoms. The third kappa shape index (κ3) is 4.45. The van der Waals surface area contributed by atoms with E-state index in [2.05, 4.69) is 4.72 Å². The van der Waals surface area contributed by atoms with Crippen molar-refractivity contribution < 1.29 is 25.6 Å². The molecule has 0 aliphatic heterocycles. The molecule has 0 atom stereocenters. The van der Waals surface area contributed by atoms with Crippen LogP contribution in [-0.2, 0) is 20.0 Å². The average Bonchev–Trinajstić information content (AvgIpc) is 2.56. The number of nitrogens with one attached hydrogen (secondary N) is 1. The number of rotatable bonds is 7. The number of sulfonamides is 2. The van der Waals surface area contributed by atoms with Crippen molar-refractivity contribution in [3.8, 4) is 0 Å². The highest BCUT2D eigenvalue weighted by molar-refractivity contribution is 7.92. The summed E-state index contributed by atoms with van der Waals surface area (Å²) in [5, 5.41) is 0. The van der Waals surface area contributed by atoms with Crippen molar-refractivity contribution in [1.82, 2.24) is 4.31 Å². The summed E-state index contributed by atoms with van der Waals surface area (Å²) < 4.78 is 80.5. The lowest BCUT2D eigenvalue weighted by Gasteiger charge is -2.20. The first kappa shape index (κ1) is 21.3. The monoisotopic (exact) mass is 418 g/mol. The molecule has 0 fully saturated rings. The highest BCUT2D eigenvalue weighted by atomic mass is 32.2. The quantitative estimate of drug-likeness (QED) is 0.749. The van der Waals surface area contributed by atoms with Crippen LogP contribution in [0.4, 0.5) is 14.5 Å². The van der Waals surface area contributed by atoms with E-state index in [0.29, 0.717) is 11.6 Å². The molecule has 0 heterocycles. The van der Waals surface area contributed by atoms with E-state index in [4.69, 9.17) is 0 Å². The highest BCUT2D eigenvalue weighted by Crippen LogP contribution is 2.26. The zero-order chi connectivity index (χ0) is 20.4. The van der Waals surface area contributed by atoms with E-state index < -0.39 is 36.6 Å². The van der Waals surface area contributed by atoms with Gasteiger partial charge in [0.25, 0.3) is 10.0 Å². The number of halogens is 2. The van der Waals surface area contributed by atoms with E-state index in [0.717, 1.165) is 12.1 Å². The molecule has 0 aliphatic rings. The van der Waals surface area contributed by atoms with Crippen molar-refractivity contribution in [3.05, 3.63) is 53.6 Å². The summed E-state index contributed by atoms with van der Waals surface area (Å²) >= 11 is 0. The van der Waals surface area contributed by atoms with Gasteiger partial charge in [0.2, 0.25) is 10.0 Å². The van der Waals surface area contributed by atoms with Gasteiger partial charge in [0.15, 0.2) is 0 Å². The predicted octanol–water partition coefficient (Wildman–Crippen LogP) is 3.10. The molecule has 0 saturated carbocycles. The minimum Gasteiger partial charge on any atom is -0.279 e. The molecule has 0 spiro atoms. The molecule has 148 valence electrons. The topological polar surface area (TPSA) is 83.6 Å². The summed E-state index contributed by atoms with van der Waals surface area (Å²) in [6.07, 6.45) is 0. The Morgan fingerprint density at radius 2 is 1.56 bits per heavy atom. The first-order chi connectivity index (χ1) is 12.5. The van der Waals surface area contributed by atoms with Crippen LogP contribution in [0.15, 0.2) is 46.2 Å². The Kier molecular flexibility index (Phi) is 6.23. The van der Waals surface area contributed by atoms with Crippen LogP contribution < -0.4 is 4.72 Å². The van der Waals surface area contributed by atoms with Crippen molar-refractivity contribution in [3.63, 3.8) is 0 Å². The fourth-order valence-electron chi connectivity index (χ4n) is 2.55. The van der Waals surface area contributed by atoms with Crippen LogP contribution in [0.2, 0.25) is 0 Å². The van der Waals surface area contributed by atoms with Gasteiger partial charge in [-0.15, -0.1) is 0 Å². The molecule has 1 N–H and O–H groups in total. The van der Waals surface area contributed by atoms with Crippen molar-refractivity contribution in [1.29, 1.82) is 0 Å². The second kappa shape index (κ2) is 7.91. The van der Waals surface area contributed by atoms with Crippen LogP contribution in [-0.4, -0.2) is 34.2 Å². The molecular weight excluding hydrogens is 398 g/mol. The van der Waals surface area contributed by atoms with Crippen LogP contribution in [0, 0.1) is 18.6 Å². The standard InChI is InChI=1S/C17H20F2N2O4S2/c1-4-21(5-2)27(24,25)17-11-14(8-6-12(17)3)20-26(22,23)16-9-7-13(18)10-15(16)19/h6-11,20H,4-5H2,1-3H3. The molecule has 0 amide bonds. The van der Waals surface area contributed by atoms with Gasteiger partial charge in [-0.1, -0.05) is 19.9 Å². The number of hydrogen-bond donors (Lipinski definition) is 1. The highest BCUT2D eigenvalue weighted by Gasteiger charge is 2.25. The van der Waals surface area contributed by atoms with E-state index in [9.17, 15) is 25.6 Å². The minimum absolute atomic E-state index is 0.0462. The van der Waals surface area contributed by atoms with Gasteiger partial charge in [-0.05, 0) is 36.8 Å². The summed E-state index contributed by atoms with van der Waals surface area (Å²) in [5.74, 6) is -2.15. The van der Waals surface area contributed by atoms with E-state index >= 15 is 0 Å². The summed E-state index contributed by atoms with van der Waals surface area (Å²) in [4.78, 5) is -0.788. The van der Waals surface area contributed by atoms with Gasteiger partial charge in [-0.25, -0.2) is 25.6 Å². The van der Waals surface area contributed by atoms with Crippen molar-refractivity contribution >= 4 is 25.7 Å². The maximum atomic E-state index is 13.8. The lowest BCUT2D eigenvalue weighted by atomic mass is 10.2. The Morgan fingerprint density at radius 3 is 2.11 bits per heavy atom. The van der Waals surface area contributed by atoms with Gasteiger partial charge >= 0.3 is 0 Å². The van der Waals surface area contributed by atoms with E-state index in [1.807, 2.05) is 0 Å². The van der Waals surface area contributed by atoms with Gasteiger partial charge in [0.05, 0.1) is 10.6 Å². The normalized spacial score (nSPS) is 12.4. The Hall–Kier alpha value is -2.04. The maximum Gasteiger partial charge on any atom is 0.264 e. The smallest absolute Gasteiger partial charge is 0.264 e. The second-order valence-electron chi connectivity index (χ2n) is 5.75. The number of aryl methyl sites for hydroxylation is 1. The Morgan fingerprint density at radius 1 is 0.926 bits per heavy atom. The van der Waals surface area contributed by atoms with Gasteiger partial charge in [0, 0.05) is 19.2 Å². The van der Waals surface area contributed by atoms with Crippen LogP contribution in [0.3, 0.4) is 0 Å². The number of benzene rings is 2. The lowest BCUT2D eigenvalue weighted by Crippen LogP contribution is -2.31. The van der Waals surface area contributed by atoms with E-state index in [1.165, 1.54) is 22.5 Å². The molecule has 0 bridgehead atoms. The summed E-state index contributed by atoms with van der Waals surface area (Å²) in [6.45, 7) is 5.50. The van der Waals surface area contributed by atoms with Crippen molar-refractivity contribution in [2.24, 2.45) is 0 Å². The third-order valence-corrected chi connectivity index (χ3v) is 7.55. The summed E-state index contributed by atoms with van der Waals surface area (Å²) in [5.41, 5.74) is 0.396. The van der Waals surface area contributed by atoms with Gasteiger partial charge in [0.1, 0.15) is 16.5 Å². The van der Waals surface area contributed by atoms with Crippen LogP contribution in [0.5, 0.6) is 0 Å². The summed E-state index contributed by atoms with van der Waals surface area (Å²) in [7, 11) is -8.18. The number of anilines is 1. The zero-order valence-electron chi connectivity index (χ0n) is 15.0. The zero-order valence-corrected chi connectivity index (χ0v) is 16.7. The van der Waals surface area contributed by atoms with E-state index in [-0.39, 0.29) is 23.7 Å². The second-order valence-corrected chi connectivity index (χ2v) is 9.31. The fourth-order valence-corrected chi connectivity index (χ4v) is 5.37. The molecule has 2 aromatic carbocycles. The fraction of sp³-hybridized carbons (Fsp3) is 0.294. The Balaban J connectivity index is 2.47. The van der Waals surface area contributed by atoms with Gasteiger partial charge in [-0.2, -0.15) is 4.31 Å². The maximum absolute atomic E-state index is 13.8. The molecule has 0 aliphatic carbocycles. The molecular formula is C17H20F2N2O4S2. The SMILES string of the molecule is CCN(CC)S(=O)(=O)c1cc(NS(=O)(=O)c2ccc(F)cc2F)ccc1C. The largest absolute Gasteiger partial charge is 0.279 e. The van der Waals surface area contributed by atoms with Crippen molar-refractivity contribution in [2.75, 3.05) is 17.8 Å². The number of hydrogen-bond acceptors (Lipinski definition) is 4. The summed E-state index contributed by atoms with van der Waals surface area (Å²) in [6, 6.07) is 6.09. The minimum atomic E-state index is -4.37. The molecule has 27 heavy (non-hydrogen) atoms. The van der Waals surface area contributed by atoms with Crippen LogP contribution >= 0.6 is 0 Å². The van der Waals surface area contributed by atoms with Crippen LogP contribution in [0.25, 0.3) is 0 Å². The van der Waals surface area contributed by atoms with Gasteiger partial charge < -0.3 is 0 Å². The van der Waals surface area contributed by atoms with E-state index in [1.54, 1.807) is 20.8 Å². The first-order valence-corrected chi connectivity index (χ1v) is 11.0. The number of nitrogens with zero attached hydrogens (tertiary/aromatic N) is 1. The van der Waals surface area contributed by atoms with Crippen molar-refractivity contribution in [2.45, 2.75) is 30.6 Å². The Labute approximate surface area is 157 Å². The first-order valence-electron chi connectivity index (χ1n) is 8.11. The molecule has 0 unspecified atom stereocenters. The van der Waals surface area contributed by atoms with Crippen LogP contribution in [0.1, 0.15) is 19.4 Å². The molecule has 0 saturated heterocycles. The molecule has 0 aromatic heterocycles. The predicted molar refractivity (Wildman–Crippen MR) is 98.5 cm³/mol. The molecule has 2 aromatic rings.